The zero-order valence-electron chi connectivity index (χ0n) is 12.6. The van der Waals surface area contributed by atoms with Gasteiger partial charge in [0.1, 0.15) is 5.82 Å². The number of nitrogens with one attached hydrogen (secondary N) is 1. The largest absolute Gasteiger partial charge is 0.493 e. The molecular weight excluding hydrogens is 303 g/mol. The summed E-state index contributed by atoms with van der Waals surface area (Å²) >= 11 is 0. The first-order valence-corrected chi connectivity index (χ1v) is 6.62. The van der Waals surface area contributed by atoms with Gasteiger partial charge in [0.2, 0.25) is 0 Å². The Labute approximate surface area is 132 Å². The van der Waals surface area contributed by atoms with Gasteiger partial charge in [0.25, 0.3) is 0 Å². The number of methoxy groups -OCH3 is 2. The Morgan fingerprint density at radius 1 is 1.00 bits per heavy atom. The summed E-state index contributed by atoms with van der Waals surface area (Å²) in [6, 6.07) is 9.93. The van der Waals surface area contributed by atoms with E-state index in [1.165, 1.54) is 26.4 Å². The molecule has 23 heavy (non-hydrogen) atoms. The minimum absolute atomic E-state index is 0.112. The number of carbonyl (C=O) groups excluding carboxylic acids is 1. The number of nitrogens with two attached hydrogens (primary N) is 1. The van der Waals surface area contributed by atoms with E-state index in [0.29, 0.717) is 17.1 Å². The highest BCUT2D eigenvalue weighted by molar-refractivity contribution is 5.94. The summed E-state index contributed by atoms with van der Waals surface area (Å²) in [6.45, 7) is 0. The molecule has 0 fully saturated rings. The Bertz CT molecular complexity index is 729. The quantitative estimate of drug-likeness (QED) is 0.361. The van der Waals surface area contributed by atoms with Crippen LogP contribution >= 0.6 is 0 Å². The molecule has 0 atom stereocenters. The van der Waals surface area contributed by atoms with E-state index in [4.69, 9.17) is 20.0 Å². The van der Waals surface area contributed by atoms with E-state index in [1.807, 2.05) is 0 Å². The minimum atomic E-state index is -0.687. The number of amidine groups is 1. The highest BCUT2D eigenvalue weighted by Gasteiger charge is 2.13. The van der Waals surface area contributed by atoms with Crippen molar-refractivity contribution in [3.63, 3.8) is 0 Å². The van der Waals surface area contributed by atoms with Crippen LogP contribution in [-0.2, 0) is 4.84 Å². The number of benzene rings is 2. The van der Waals surface area contributed by atoms with Crippen LogP contribution in [0.4, 0.5) is 4.39 Å². The second kappa shape index (κ2) is 7.26. The maximum absolute atomic E-state index is 12.8. The summed E-state index contributed by atoms with van der Waals surface area (Å²) in [5.74, 6) is 0.0210. The zero-order valence-corrected chi connectivity index (χ0v) is 12.6. The van der Waals surface area contributed by atoms with Crippen molar-refractivity contribution < 1.29 is 28.7 Å². The monoisotopic (exact) mass is 319 g/mol. The van der Waals surface area contributed by atoms with Crippen molar-refractivity contribution in [3.8, 4) is 11.5 Å². The van der Waals surface area contributed by atoms with Crippen molar-refractivity contribution in [3.05, 3.63) is 59.4 Å². The van der Waals surface area contributed by atoms with Gasteiger partial charge < -0.3 is 9.47 Å². The summed E-state index contributed by atoms with van der Waals surface area (Å²) in [4.78, 5) is 16.7. The van der Waals surface area contributed by atoms with Crippen LogP contribution in [0.25, 0.3) is 0 Å². The van der Waals surface area contributed by atoms with Gasteiger partial charge in [0, 0.05) is 0 Å². The van der Waals surface area contributed by atoms with Gasteiger partial charge in [0.15, 0.2) is 11.5 Å². The van der Waals surface area contributed by atoms with Crippen LogP contribution in [0.2, 0.25) is 0 Å². The molecular formula is C16H16FN2O4+. The summed E-state index contributed by atoms with van der Waals surface area (Å²) in [7, 11) is 3.02. The molecule has 7 heteroatoms. The maximum atomic E-state index is 12.8. The van der Waals surface area contributed by atoms with Gasteiger partial charge in [-0.2, -0.15) is 0 Å². The third kappa shape index (κ3) is 3.97. The first-order chi connectivity index (χ1) is 11.0. The van der Waals surface area contributed by atoms with Gasteiger partial charge in [-0.15, -0.1) is 0 Å². The average molecular weight is 319 g/mol. The topological polar surface area (TPSA) is 84.8 Å². The first kappa shape index (κ1) is 16.3. The molecule has 120 valence electrons. The van der Waals surface area contributed by atoms with Crippen molar-refractivity contribution >= 4 is 11.8 Å². The fraction of sp³-hybridized carbons (Fsp3) is 0.125. The van der Waals surface area contributed by atoms with E-state index in [1.54, 1.807) is 18.2 Å². The second-order valence-electron chi connectivity index (χ2n) is 4.48. The van der Waals surface area contributed by atoms with Gasteiger partial charge in [-0.3, -0.25) is 10.6 Å². The molecule has 0 aliphatic heterocycles. The second-order valence-corrected chi connectivity index (χ2v) is 4.48. The molecule has 0 heterocycles. The minimum Gasteiger partial charge on any atom is -0.493 e. The van der Waals surface area contributed by atoms with E-state index in [-0.39, 0.29) is 11.4 Å². The molecule has 0 unspecified atom stereocenters. The van der Waals surface area contributed by atoms with Gasteiger partial charge >= 0.3 is 11.8 Å². The third-order valence-corrected chi connectivity index (χ3v) is 3.03. The predicted octanol–water partition coefficient (Wildman–Crippen LogP) is 0.401. The van der Waals surface area contributed by atoms with E-state index in [2.05, 4.69) is 5.16 Å². The summed E-state index contributed by atoms with van der Waals surface area (Å²) < 4.78 is 23.1. The molecule has 0 saturated heterocycles. The number of nitrogen functional groups attached to an aromatic ring is 1. The highest BCUT2D eigenvalue weighted by Crippen LogP contribution is 2.26. The molecule has 2 aromatic carbocycles. The predicted molar refractivity (Wildman–Crippen MR) is 80.6 cm³/mol. The molecule has 6 nitrogen and oxygen atoms in total. The van der Waals surface area contributed by atoms with Gasteiger partial charge in [-0.05, 0) is 42.5 Å². The molecule has 2 rings (SSSR count). The average Bonchev–Trinajstić information content (AvgIpc) is 2.59. The van der Waals surface area contributed by atoms with Crippen LogP contribution in [0.1, 0.15) is 15.9 Å². The molecule has 0 spiro atoms. The van der Waals surface area contributed by atoms with Crippen LogP contribution in [0.5, 0.6) is 11.5 Å². The van der Waals surface area contributed by atoms with Crippen LogP contribution in [0, 0.1) is 5.82 Å². The van der Waals surface area contributed by atoms with E-state index in [0.717, 1.165) is 12.1 Å². The Morgan fingerprint density at radius 3 is 2.22 bits per heavy atom. The summed E-state index contributed by atoms with van der Waals surface area (Å²) in [5.41, 5.74) is 6.58. The van der Waals surface area contributed by atoms with E-state index >= 15 is 0 Å². The number of hydrogen-bond donors (Lipinski definition) is 2. The number of rotatable bonds is 5. The molecule has 0 bridgehead atoms. The van der Waals surface area contributed by atoms with Crippen molar-refractivity contribution in [2.75, 3.05) is 14.2 Å². The molecule has 3 N–H and O–H groups in total. The van der Waals surface area contributed by atoms with Crippen LogP contribution in [-0.4, -0.2) is 26.0 Å². The molecule has 0 saturated carbocycles. The number of ether oxygens (including phenoxy) is 2. The summed E-state index contributed by atoms with van der Waals surface area (Å²) in [5, 5.41) is 2.36. The molecule has 0 aliphatic rings. The van der Waals surface area contributed by atoms with Crippen molar-refractivity contribution in [1.29, 1.82) is 0 Å². The molecule has 0 aliphatic carbocycles. The Kier molecular flexibility index (Phi) is 5.14. The van der Waals surface area contributed by atoms with Crippen molar-refractivity contribution in [1.82, 2.24) is 0 Å². The zero-order chi connectivity index (χ0) is 16.8. The maximum Gasteiger partial charge on any atom is 0.387 e. The van der Waals surface area contributed by atoms with Gasteiger partial charge in [-0.1, -0.05) is 5.16 Å². The smallest absolute Gasteiger partial charge is 0.387 e. The normalized spacial score (nSPS) is 11.0. The fourth-order valence-corrected chi connectivity index (χ4v) is 1.81. The van der Waals surface area contributed by atoms with Crippen molar-refractivity contribution in [2.45, 2.75) is 0 Å². The molecule has 0 radical (unpaired) electrons. The SMILES string of the molecule is COc1ccc(C(N)=[NH+]OC(=O)c2ccc(F)cc2)cc1OC. The lowest BCUT2D eigenvalue weighted by molar-refractivity contribution is -0.721. The van der Waals surface area contributed by atoms with E-state index in [9.17, 15) is 9.18 Å². The number of carbonyl (C=O) groups is 1. The molecule has 2 aromatic rings. The lowest BCUT2D eigenvalue weighted by Gasteiger charge is -2.07. The number of hydrogen-bond acceptors (Lipinski definition) is 4. The summed E-state index contributed by atoms with van der Waals surface area (Å²) in [6.07, 6.45) is 0. The molecule has 0 amide bonds. The lowest BCUT2D eigenvalue weighted by Crippen LogP contribution is -2.75. The highest BCUT2D eigenvalue weighted by atomic mass is 19.1. The van der Waals surface area contributed by atoms with E-state index < -0.39 is 11.8 Å². The Hall–Kier alpha value is -3.09. The first-order valence-electron chi connectivity index (χ1n) is 6.62. The number of halogens is 1. The van der Waals surface area contributed by atoms with Crippen LogP contribution < -0.4 is 20.4 Å². The van der Waals surface area contributed by atoms with Crippen molar-refractivity contribution in [2.24, 2.45) is 5.73 Å². The van der Waals surface area contributed by atoms with Crippen LogP contribution in [0.3, 0.4) is 0 Å². The Balaban J connectivity index is 2.13. The standard InChI is InChI=1S/C16H15FN2O4/c1-21-13-8-5-11(9-14(13)22-2)15(18)19-23-16(20)10-3-6-12(17)7-4-10/h3-9H,1-2H3,(H2,18,19)/p+1. The fourth-order valence-electron chi connectivity index (χ4n) is 1.81. The van der Waals surface area contributed by atoms with Crippen LogP contribution in [0.15, 0.2) is 42.5 Å². The van der Waals surface area contributed by atoms with Gasteiger partial charge in [-0.25, -0.2) is 9.18 Å². The molecule has 0 aromatic heterocycles. The van der Waals surface area contributed by atoms with Gasteiger partial charge in [0.05, 0.1) is 25.3 Å². The lowest BCUT2D eigenvalue weighted by atomic mass is 10.2. The third-order valence-electron chi connectivity index (χ3n) is 3.03. The Morgan fingerprint density at radius 2 is 1.61 bits per heavy atom.